The molecule has 0 amide bonds. The van der Waals surface area contributed by atoms with Crippen molar-refractivity contribution in [1.82, 2.24) is 4.98 Å². The van der Waals surface area contributed by atoms with E-state index in [0.29, 0.717) is 0 Å². The molecule has 64 valence electrons. The first kappa shape index (κ1) is 9.23. The van der Waals surface area contributed by atoms with E-state index in [1.165, 1.54) is 0 Å². The van der Waals surface area contributed by atoms with Gasteiger partial charge in [-0.05, 0) is 18.2 Å². The second-order valence-electron chi connectivity index (χ2n) is 2.44. The fraction of sp³-hybridized carbons (Fsp3) is 0. The number of hydrogen-bond donors (Lipinski definition) is 2. The van der Waals surface area contributed by atoms with Gasteiger partial charge in [-0.15, -0.1) is 12.4 Å². The van der Waals surface area contributed by atoms with Crippen LogP contribution in [0.5, 0.6) is 0 Å². The Balaban J connectivity index is 0.000000720. The first-order chi connectivity index (χ1) is 5.27. The van der Waals surface area contributed by atoms with Gasteiger partial charge in [0.05, 0.1) is 5.02 Å². The number of fused-ring (bicyclic) bond motifs is 1. The van der Waals surface area contributed by atoms with E-state index in [9.17, 15) is 0 Å². The number of nitrogen functional groups attached to an aromatic ring is 1. The van der Waals surface area contributed by atoms with Crippen LogP contribution in [0.3, 0.4) is 0 Å². The molecule has 4 heteroatoms. The molecule has 0 saturated heterocycles. The summed E-state index contributed by atoms with van der Waals surface area (Å²) in [6.07, 6.45) is 1.76. The third-order valence-corrected chi connectivity index (χ3v) is 1.97. The quantitative estimate of drug-likeness (QED) is 0.635. The number of aromatic amines is 1. The van der Waals surface area contributed by atoms with E-state index in [1.807, 2.05) is 18.2 Å². The van der Waals surface area contributed by atoms with Crippen LogP contribution in [0.15, 0.2) is 24.4 Å². The normalized spacial score (nSPS) is 9.75. The SMILES string of the molecule is Cl.Nc1ccc2c(Cl)c[nH]c2c1. The highest BCUT2D eigenvalue weighted by molar-refractivity contribution is 6.35. The van der Waals surface area contributed by atoms with Crippen molar-refractivity contribution >= 4 is 40.6 Å². The van der Waals surface area contributed by atoms with Crippen LogP contribution in [0.4, 0.5) is 5.69 Å². The van der Waals surface area contributed by atoms with E-state index in [1.54, 1.807) is 6.20 Å². The summed E-state index contributed by atoms with van der Waals surface area (Å²) in [6.45, 7) is 0. The summed E-state index contributed by atoms with van der Waals surface area (Å²) in [6, 6.07) is 5.60. The molecule has 0 unspecified atom stereocenters. The van der Waals surface area contributed by atoms with Crippen molar-refractivity contribution in [1.29, 1.82) is 0 Å². The molecule has 0 radical (unpaired) electrons. The van der Waals surface area contributed by atoms with E-state index in [2.05, 4.69) is 4.98 Å². The Hall–Kier alpha value is -0.860. The lowest BCUT2D eigenvalue weighted by atomic mass is 10.2. The number of halogens is 2. The molecule has 12 heavy (non-hydrogen) atoms. The lowest BCUT2D eigenvalue weighted by Crippen LogP contribution is -1.81. The van der Waals surface area contributed by atoms with Gasteiger partial charge in [-0.3, -0.25) is 0 Å². The molecule has 2 aromatic rings. The Morgan fingerprint density at radius 2 is 2.08 bits per heavy atom. The van der Waals surface area contributed by atoms with Crippen molar-refractivity contribution in [2.45, 2.75) is 0 Å². The zero-order valence-corrected chi connectivity index (χ0v) is 7.75. The zero-order valence-electron chi connectivity index (χ0n) is 6.17. The standard InChI is InChI=1S/C8H7ClN2.ClH/c9-7-4-11-8-3-5(10)1-2-6(7)8;/h1-4,11H,10H2;1H. The second kappa shape index (κ2) is 3.25. The van der Waals surface area contributed by atoms with Gasteiger partial charge in [0, 0.05) is 22.8 Å². The molecule has 0 saturated carbocycles. The molecular weight excluding hydrogens is 195 g/mol. The van der Waals surface area contributed by atoms with Crippen molar-refractivity contribution in [3.8, 4) is 0 Å². The average molecular weight is 203 g/mol. The summed E-state index contributed by atoms with van der Waals surface area (Å²) < 4.78 is 0. The van der Waals surface area contributed by atoms with Gasteiger partial charge in [0.1, 0.15) is 0 Å². The third kappa shape index (κ3) is 1.36. The minimum absolute atomic E-state index is 0. The monoisotopic (exact) mass is 202 g/mol. The van der Waals surface area contributed by atoms with E-state index < -0.39 is 0 Å². The van der Waals surface area contributed by atoms with Crippen LogP contribution in [0.25, 0.3) is 10.9 Å². The van der Waals surface area contributed by atoms with Crippen LogP contribution in [-0.2, 0) is 0 Å². The van der Waals surface area contributed by atoms with Crippen molar-refractivity contribution in [2.75, 3.05) is 5.73 Å². The molecule has 2 rings (SSSR count). The predicted octanol–water partition coefficient (Wildman–Crippen LogP) is 2.83. The molecule has 3 N–H and O–H groups in total. The smallest absolute Gasteiger partial charge is 0.0659 e. The summed E-state index contributed by atoms with van der Waals surface area (Å²) in [5, 5.41) is 1.75. The largest absolute Gasteiger partial charge is 0.399 e. The number of hydrogen-bond acceptors (Lipinski definition) is 1. The van der Waals surface area contributed by atoms with Crippen molar-refractivity contribution in [3.05, 3.63) is 29.4 Å². The molecule has 0 spiro atoms. The molecule has 0 atom stereocenters. The highest BCUT2D eigenvalue weighted by Crippen LogP contribution is 2.23. The molecule has 0 aliphatic carbocycles. The molecule has 0 aliphatic rings. The van der Waals surface area contributed by atoms with E-state index in [0.717, 1.165) is 21.6 Å². The molecule has 1 heterocycles. The number of benzene rings is 1. The van der Waals surface area contributed by atoms with Crippen molar-refractivity contribution in [2.24, 2.45) is 0 Å². The van der Waals surface area contributed by atoms with E-state index in [-0.39, 0.29) is 12.4 Å². The minimum Gasteiger partial charge on any atom is -0.399 e. The molecule has 0 bridgehead atoms. The van der Waals surface area contributed by atoms with Crippen LogP contribution in [0.2, 0.25) is 5.02 Å². The topological polar surface area (TPSA) is 41.8 Å². The molecule has 0 fully saturated rings. The molecule has 2 nitrogen and oxygen atoms in total. The maximum Gasteiger partial charge on any atom is 0.0659 e. The van der Waals surface area contributed by atoms with Gasteiger partial charge < -0.3 is 10.7 Å². The van der Waals surface area contributed by atoms with E-state index in [4.69, 9.17) is 17.3 Å². The van der Waals surface area contributed by atoms with Gasteiger partial charge in [0.25, 0.3) is 0 Å². The summed E-state index contributed by atoms with van der Waals surface area (Å²) in [4.78, 5) is 3.02. The first-order valence-electron chi connectivity index (χ1n) is 3.29. The van der Waals surface area contributed by atoms with Crippen LogP contribution < -0.4 is 5.73 Å². The van der Waals surface area contributed by atoms with Gasteiger partial charge in [-0.25, -0.2) is 0 Å². The number of H-pyrrole nitrogens is 1. The summed E-state index contributed by atoms with van der Waals surface area (Å²) in [5.41, 5.74) is 7.30. The van der Waals surface area contributed by atoms with Crippen LogP contribution in [0.1, 0.15) is 0 Å². The van der Waals surface area contributed by atoms with Gasteiger partial charge in [0.2, 0.25) is 0 Å². The first-order valence-corrected chi connectivity index (χ1v) is 3.67. The van der Waals surface area contributed by atoms with Gasteiger partial charge in [0.15, 0.2) is 0 Å². The average Bonchev–Trinajstić information content (AvgIpc) is 2.32. The number of aromatic nitrogens is 1. The lowest BCUT2D eigenvalue weighted by molar-refractivity contribution is 1.48. The molecule has 0 aliphatic heterocycles. The predicted molar refractivity (Wildman–Crippen MR) is 55.0 cm³/mol. The molecular formula is C8H8Cl2N2. The molecule has 1 aromatic carbocycles. The number of anilines is 1. The Bertz CT molecular complexity index is 395. The zero-order chi connectivity index (χ0) is 7.84. The number of rotatable bonds is 0. The maximum absolute atomic E-state index is 5.85. The van der Waals surface area contributed by atoms with Gasteiger partial charge in [-0.2, -0.15) is 0 Å². The Kier molecular flexibility index (Phi) is 2.50. The van der Waals surface area contributed by atoms with Crippen molar-refractivity contribution < 1.29 is 0 Å². The maximum atomic E-state index is 5.85. The third-order valence-electron chi connectivity index (χ3n) is 1.66. The Morgan fingerprint density at radius 1 is 1.33 bits per heavy atom. The van der Waals surface area contributed by atoms with Gasteiger partial charge in [-0.1, -0.05) is 11.6 Å². The Labute approximate surface area is 81.1 Å². The van der Waals surface area contributed by atoms with Crippen molar-refractivity contribution in [3.63, 3.8) is 0 Å². The van der Waals surface area contributed by atoms with Crippen LogP contribution in [-0.4, -0.2) is 4.98 Å². The number of nitrogens with one attached hydrogen (secondary N) is 1. The highest BCUT2D eigenvalue weighted by Gasteiger charge is 1.99. The van der Waals surface area contributed by atoms with Gasteiger partial charge >= 0.3 is 0 Å². The summed E-state index contributed by atoms with van der Waals surface area (Å²) in [7, 11) is 0. The fourth-order valence-electron chi connectivity index (χ4n) is 1.11. The summed E-state index contributed by atoms with van der Waals surface area (Å²) >= 11 is 5.85. The number of nitrogens with two attached hydrogens (primary N) is 1. The Morgan fingerprint density at radius 3 is 2.83 bits per heavy atom. The summed E-state index contributed by atoms with van der Waals surface area (Å²) in [5.74, 6) is 0. The fourth-order valence-corrected chi connectivity index (χ4v) is 1.33. The highest BCUT2D eigenvalue weighted by atomic mass is 35.5. The van der Waals surface area contributed by atoms with Crippen LogP contribution >= 0.6 is 24.0 Å². The molecule has 1 aromatic heterocycles. The lowest BCUT2D eigenvalue weighted by Gasteiger charge is -1.92. The van der Waals surface area contributed by atoms with Crippen LogP contribution in [0, 0.1) is 0 Å². The second-order valence-corrected chi connectivity index (χ2v) is 2.85. The minimum atomic E-state index is 0. The van der Waals surface area contributed by atoms with E-state index >= 15 is 0 Å².